The number of anilines is 3. The van der Waals surface area contributed by atoms with Gasteiger partial charge in [0.05, 0.1) is 12.3 Å². The predicted molar refractivity (Wildman–Crippen MR) is 93.9 cm³/mol. The standard InChI is InChI=1S/C17H20N6O/c1-2-22(10-11-24)16-12-15(8-9-18-16)23-13-19-17(21-23)20-14-6-4-3-5-7-14/h3-9,12-13,24H,2,10-11H2,1H3,(H,20,21). The van der Waals surface area contributed by atoms with Gasteiger partial charge in [0.15, 0.2) is 0 Å². The lowest BCUT2D eigenvalue weighted by Gasteiger charge is -2.20. The van der Waals surface area contributed by atoms with Crippen molar-refractivity contribution in [1.29, 1.82) is 0 Å². The van der Waals surface area contributed by atoms with Crippen LogP contribution in [-0.4, -0.2) is 44.6 Å². The largest absolute Gasteiger partial charge is 0.395 e. The van der Waals surface area contributed by atoms with Crippen LogP contribution in [0.15, 0.2) is 55.0 Å². The highest BCUT2D eigenvalue weighted by Crippen LogP contribution is 2.17. The van der Waals surface area contributed by atoms with Crippen LogP contribution in [0, 0.1) is 0 Å². The van der Waals surface area contributed by atoms with Crippen molar-refractivity contribution in [3.63, 3.8) is 0 Å². The minimum Gasteiger partial charge on any atom is -0.395 e. The van der Waals surface area contributed by atoms with Crippen molar-refractivity contribution in [2.45, 2.75) is 6.92 Å². The van der Waals surface area contributed by atoms with Gasteiger partial charge in [0.1, 0.15) is 12.1 Å². The first-order valence-corrected chi connectivity index (χ1v) is 7.86. The van der Waals surface area contributed by atoms with E-state index in [1.54, 1.807) is 17.2 Å². The minimum absolute atomic E-state index is 0.0915. The molecule has 1 aromatic carbocycles. The summed E-state index contributed by atoms with van der Waals surface area (Å²) in [5.74, 6) is 1.33. The van der Waals surface area contributed by atoms with Crippen molar-refractivity contribution < 1.29 is 5.11 Å². The van der Waals surface area contributed by atoms with Gasteiger partial charge in [-0.2, -0.15) is 4.98 Å². The topological polar surface area (TPSA) is 79.1 Å². The average molecular weight is 324 g/mol. The summed E-state index contributed by atoms with van der Waals surface area (Å²) in [5, 5.41) is 16.8. The molecule has 0 aliphatic rings. The lowest BCUT2D eigenvalue weighted by atomic mass is 10.3. The van der Waals surface area contributed by atoms with E-state index in [0.717, 1.165) is 23.7 Å². The molecule has 0 atom stereocenters. The molecule has 0 amide bonds. The lowest BCUT2D eigenvalue weighted by Crippen LogP contribution is -2.27. The summed E-state index contributed by atoms with van der Waals surface area (Å²) in [5.41, 5.74) is 1.80. The summed E-state index contributed by atoms with van der Waals surface area (Å²) in [7, 11) is 0. The van der Waals surface area contributed by atoms with E-state index in [9.17, 15) is 0 Å². The first kappa shape index (κ1) is 15.9. The highest BCUT2D eigenvalue weighted by Gasteiger charge is 2.08. The van der Waals surface area contributed by atoms with Crippen molar-refractivity contribution in [1.82, 2.24) is 19.7 Å². The molecular weight excluding hydrogens is 304 g/mol. The van der Waals surface area contributed by atoms with E-state index in [0.29, 0.717) is 12.5 Å². The summed E-state index contributed by atoms with van der Waals surface area (Å²) >= 11 is 0. The van der Waals surface area contributed by atoms with Gasteiger partial charge in [-0.3, -0.25) is 0 Å². The predicted octanol–water partition coefficient (Wildman–Crippen LogP) is 2.22. The molecule has 0 saturated heterocycles. The SMILES string of the molecule is CCN(CCO)c1cc(-n2cnc(Nc3ccccc3)n2)ccn1. The zero-order chi connectivity index (χ0) is 16.8. The second kappa shape index (κ2) is 7.56. The van der Waals surface area contributed by atoms with Gasteiger partial charge in [-0.05, 0) is 25.1 Å². The van der Waals surface area contributed by atoms with Gasteiger partial charge in [0.2, 0.25) is 5.95 Å². The lowest BCUT2D eigenvalue weighted by molar-refractivity contribution is 0.302. The Hall–Kier alpha value is -2.93. The van der Waals surface area contributed by atoms with Gasteiger partial charge in [-0.25, -0.2) is 9.67 Å². The number of benzene rings is 1. The number of para-hydroxylation sites is 1. The highest BCUT2D eigenvalue weighted by atomic mass is 16.3. The van der Waals surface area contributed by atoms with E-state index in [-0.39, 0.29) is 6.61 Å². The van der Waals surface area contributed by atoms with Crippen LogP contribution in [0.4, 0.5) is 17.5 Å². The first-order valence-electron chi connectivity index (χ1n) is 7.86. The third kappa shape index (κ3) is 3.69. The van der Waals surface area contributed by atoms with Gasteiger partial charge in [0.25, 0.3) is 0 Å². The van der Waals surface area contributed by atoms with E-state index in [1.165, 1.54) is 0 Å². The van der Waals surface area contributed by atoms with Gasteiger partial charge in [0, 0.05) is 31.0 Å². The maximum Gasteiger partial charge on any atom is 0.246 e. The molecule has 2 aromatic heterocycles. The molecule has 7 heteroatoms. The Balaban J connectivity index is 1.80. The molecule has 2 N–H and O–H groups in total. The monoisotopic (exact) mass is 324 g/mol. The normalized spacial score (nSPS) is 10.6. The Morgan fingerprint density at radius 3 is 2.75 bits per heavy atom. The molecule has 0 aliphatic carbocycles. The number of aliphatic hydroxyl groups excluding tert-OH is 1. The summed E-state index contributed by atoms with van der Waals surface area (Å²) < 4.78 is 1.70. The molecule has 124 valence electrons. The average Bonchev–Trinajstić information content (AvgIpc) is 3.09. The zero-order valence-electron chi connectivity index (χ0n) is 13.5. The smallest absolute Gasteiger partial charge is 0.246 e. The molecule has 0 aliphatic heterocycles. The van der Waals surface area contributed by atoms with Crippen molar-refractivity contribution >= 4 is 17.5 Å². The van der Waals surface area contributed by atoms with Crippen LogP contribution in [0.1, 0.15) is 6.92 Å². The molecule has 0 fully saturated rings. The second-order valence-electron chi connectivity index (χ2n) is 5.18. The molecule has 0 radical (unpaired) electrons. The minimum atomic E-state index is 0.0915. The summed E-state index contributed by atoms with van der Waals surface area (Å²) in [6.07, 6.45) is 3.39. The molecule has 7 nitrogen and oxygen atoms in total. The van der Waals surface area contributed by atoms with Gasteiger partial charge < -0.3 is 15.3 Å². The Morgan fingerprint density at radius 1 is 1.17 bits per heavy atom. The summed E-state index contributed by atoms with van der Waals surface area (Å²) in [4.78, 5) is 10.7. The molecule has 0 unspecified atom stereocenters. The summed E-state index contributed by atoms with van der Waals surface area (Å²) in [6, 6.07) is 13.6. The van der Waals surface area contributed by atoms with E-state index >= 15 is 0 Å². The van der Waals surface area contributed by atoms with Crippen LogP contribution in [0.25, 0.3) is 5.69 Å². The number of likely N-dealkylation sites (N-methyl/N-ethyl adjacent to an activating group) is 1. The number of pyridine rings is 1. The maximum atomic E-state index is 9.15. The van der Waals surface area contributed by atoms with Crippen molar-refractivity contribution in [2.75, 3.05) is 29.9 Å². The number of aromatic nitrogens is 4. The van der Waals surface area contributed by atoms with E-state index in [4.69, 9.17) is 5.11 Å². The number of rotatable bonds is 7. The van der Waals surface area contributed by atoms with Crippen LogP contribution in [0.3, 0.4) is 0 Å². The van der Waals surface area contributed by atoms with Crippen molar-refractivity contribution in [2.24, 2.45) is 0 Å². The number of hydrogen-bond donors (Lipinski definition) is 2. The number of nitrogens with one attached hydrogen (secondary N) is 1. The number of nitrogens with zero attached hydrogens (tertiary/aromatic N) is 5. The fourth-order valence-electron chi connectivity index (χ4n) is 2.37. The van der Waals surface area contributed by atoms with Crippen LogP contribution >= 0.6 is 0 Å². The summed E-state index contributed by atoms with van der Waals surface area (Å²) in [6.45, 7) is 3.44. The molecule has 3 rings (SSSR count). The van der Waals surface area contributed by atoms with E-state index in [1.807, 2.05) is 54.3 Å². The fourth-order valence-corrected chi connectivity index (χ4v) is 2.37. The molecule has 0 bridgehead atoms. The van der Waals surface area contributed by atoms with Crippen LogP contribution in [0.5, 0.6) is 0 Å². The van der Waals surface area contributed by atoms with Gasteiger partial charge in [-0.15, -0.1) is 5.10 Å². The Labute approximate surface area is 140 Å². The molecule has 0 spiro atoms. The Morgan fingerprint density at radius 2 is 2.00 bits per heavy atom. The maximum absolute atomic E-state index is 9.15. The van der Waals surface area contributed by atoms with Crippen LogP contribution in [-0.2, 0) is 0 Å². The van der Waals surface area contributed by atoms with Gasteiger partial charge >= 0.3 is 0 Å². The Kier molecular flexibility index (Phi) is 5.02. The molecule has 0 saturated carbocycles. The quantitative estimate of drug-likeness (QED) is 0.694. The number of hydrogen-bond acceptors (Lipinski definition) is 6. The van der Waals surface area contributed by atoms with E-state index < -0.39 is 0 Å². The molecule has 24 heavy (non-hydrogen) atoms. The first-order chi connectivity index (χ1) is 11.8. The van der Waals surface area contributed by atoms with Crippen LogP contribution < -0.4 is 10.2 Å². The third-order valence-corrected chi connectivity index (χ3v) is 3.59. The fraction of sp³-hybridized carbons (Fsp3) is 0.235. The van der Waals surface area contributed by atoms with Crippen LogP contribution in [0.2, 0.25) is 0 Å². The van der Waals surface area contributed by atoms with Crippen molar-refractivity contribution in [3.8, 4) is 5.69 Å². The Bertz CT molecular complexity index is 774. The second-order valence-corrected chi connectivity index (χ2v) is 5.18. The van der Waals surface area contributed by atoms with E-state index in [2.05, 4.69) is 20.4 Å². The van der Waals surface area contributed by atoms with Crippen molar-refractivity contribution in [3.05, 3.63) is 55.0 Å². The highest BCUT2D eigenvalue weighted by molar-refractivity contribution is 5.53. The third-order valence-electron chi connectivity index (χ3n) is 3.59. The van der Waals surface area contributed by atoms with Gasteiger partial charge in [-0.1, -0.05) is 18.2 Å². The molecule has 3 aromatic rings. The zero-order valence-corrected chi connectivity index (χ0v) is 13.5. The molecular formula is C17H20N6O. The molecule has 2 heterocycles. The number of aliphatic hydroxyl groups is 1.